The number of aromatic nitrogens is 3. The smallest absolute Gasteiger partial charge is 0.204 e. The van der Waals surface area contributed by atoms with E-state index in [1.54, 1.807) is 48.5 Å². The third-order valence-corrected chi connectivity index (χ3v) is 4.59. The lowest BCUT2D eigenvalue weighted by Gasteiger charge is -2.05. The number of fused-ring (bicyclic) bond motifs is 1. The molecule has 20 heavy (non-hydrogen) atoms. The number of benzene rings is 2. The molecule has 0 N–H and O–H groups in total. The molecule has 0 spiro atoms. The fourth-order valence-corrected chi connectivity index (χ4v) is 3.37. The topological polar surface area (TPSA) is 64.8 Å². The highest BCUT2D eigenvalue weighted by Gasteiger charge is 2.18. The Morgan fingerprint density at radius 2 is 1.75 bits per heavy atom. The fourth-order valence-electron chi connectivity index (χ4n) is 1.91. The van der Waals surface area contributed by atoms with Gasteiger partial charge in [0.15, 0.2) is 0 Å². The molecule has 0 radical (unpaired) electrons. The number of hydrogen-bond acceptors (Lipinski definition) is 4. The molecule has 0 bridgehead atoms. The van der Waals surface area contributed by atoms with Crippen LogP contribution in [-0.2, 0) is 15.8 Å². The zero-order valence-electron chi connectivity index (χ0n) is 10.3. The molecule has 5 nitrogen and oxygen atoms in total. The Morgan fingerprint density at radius 3 is 2.50 bits per heavy atom. The van der Waals surface area contributed by atoms with Crippen LogP contribution in [0.5, 0.6) is 0 Å². The van der Waals surface area contributed by atoms with Gasteiger partial charge in [0, 0.05) is 5.02 Å². The molecule has 3 aromatic rings. The highest BCUT2D eigenvalue weighted by molar-refractivity contribution is 7.89. The molecule has 1 aromatic heterocycles. The Balaban J connectivity index is 2.01. The SMILES string of the molecule is O=S(=O)(Cc1ccc(Cl)cc1)n1nnc2ccccc21. The summed E-state index contributed by atoms with van der Waals surface area (Å²) in [6.07, 6.45) is 0. The second-order valence-electron chi connectivity index (χ2n) is 4.30. The Morgan fingerprint density at radius 1 is 1.05 bits per heavy atom. The molecule has 0 aliphatic heterocycles. The lowest BCUT2D eigenvalue weighted by Crippen LogP contribution is -2.16. The number of halogens is 1. The van der Waals surface area contributed by atoms with Gasteiger partial charge in [-0.1, -0.05) is 41.1 Å². The summed E-state index contributed by atoms with van der Waals surface area (Å²) in [7, 11) is -3.61. The molecular formula is C13H10ClN3O2S. The van der Waals surface area contributed by atoms with Crippen molar-refractivity contribution < 1.29 is 8.42 Å². The lowest BCUT2D eigenvalue weighted by molar-refractivity contribution is 0.578. The van der Waals surface area contributed by atoms with Crippen LogP contribution in [-0.4, -0.2) is 22.8 Å². The minimum atomic E-state index is -3.61. The van der Waals surface area contributed by atoms with Gasteiger partial charge in [0.1, 0.15) is 11.0 Å². The molecule has 0 unspecified atom stereocenters. The van der Waals surface area contributed by atoms with Crippen LogP contribution in [0.1, 0.15) is 5.56 Å². The summed E-state index contributed by atoms with van der Waals surface area (Å²) >= 11 is 5.78. The van der Waals surface area contributed by atoms with Gasteiger partial charge in [-0.3, -0.25) is 0 Å². The van der Waals surface area contributed by atoms with Crippen LogP contribution in [0.3, 0.4) is 0 Å². The highest BCUT2D eigenvalue weighted by Crippen LogP contribution is 2.16. The third-order valence-electron chi connectivity index (χ3n) is 2.85. The zero-order chi connectivity index (χ0) is 14.2. The van der Waals surface area contributed by atoms with E-state index in [1.165, 1.54) is 0 Å². The second kappa shape index (κ2) is 4.88. The van der Waals surface area contributed by atoms with Gasteiger partial charge in [-0.05, 0) is 29.8 Å². The predicted octanol–water partition coefficient (Wildman–Crippen LogP) is 2.46. The molecule has 3 rings (SSSR count). The molecular weight excluding hydrogens is 298 g/mol. The Labute approximate surface area is 120 Å². The van der Waals surface area contributed by atoms with Gasteiger partial charge in [-0.15, -0.1) is 9.19 Å². The van der Waals surface area contributed by atoms with Crippen molar-refractivity contribution in [1.82, 2.24) is 14.4 Å². The first-order valence-corrected chi connectivity index (χ1v) is 7.83. The van der Waals surface area contributed by atoms with Crippen LogP contribution in [0.4, 0.5) is 0 Å². The van der Waals surface area contributed by atoms with E-state index in [2.05, 4.69) is 10.3 Å². The lowest BCUT2D eigenvalue weighted by atomic mass is 10.2. The van der Waals surface area contributed by atoms with Crippen molar-refractivity contribution in [1.29, 1.82) is 0 Å². The standard InChI is InChI=1S/C13H10ClN3O2S/c14-11-7-5-10(6-8-11)9-20(18,19)17-13-4-2-1-3-12(13)15-16-17/h1-8H,9H2. The predicted molar refractivity (Wildman–Crippen MR) is 77.0 cm³/mol. The summed E-state index contributed by atoms with van der Waals surface area (Å²) < 4.78 is 25.7. The van der Waals surface area contributed by atoms with Crippen LogP contribution < -0.4 is 0 Å². The van der Waals surface area contributed by atoms with Crippen molar-refractivity contribution in [2.45, 2.75) is 5.75 Å². The molecule has 0 saturated heterocycles. The van der Waals surface area contributed by atoms with E-state index in [-0.39, 0.29) is 5.75 Å². The average molecular weight is 308 g/mol. The fraction of sp³-hybridized carbons (Fsp3) is 0.0769. The highest BCUT2D eigenvalue weighted by atomic mass is 35.5. The largest absolute Gasteiger partial charge is 0.259 e. The first kappa shape index (κ1) is 13.1. The number of hydrogen-bond donors (Lipinski definition) is 0. The molecule has 0 saturated carbocycles. The molecule has 0 atom stereocenters. The van der Waals surface area contributed by atoms with Crippen LogP contribution in [0.15, 0.2) is 48.5 Å². The summed E-state index contributed by atoms with van der Waals surface area (Å²) in [6, 6.07) is 13.6. The molecule has 0 aliphatic carbocycles. The van der Waals surface area contributed by atoms with Gasteiger partial charge in [-0.2, -0.15) is 0 Å². The molecule has 0 aliphatic rings. The minimum absolute atomic E-state index is 0.155. The summed E-state index contributed by atoms with van der Waals surface area (Å²) in [5, 5.41) is 8.15. The Kier molecular flexibility index (Phi) is 3.19. The second-order valence-corrected chi connectivity index (χ2v) is 6.54. The number of nitrogens with zero attached hydrogens (tertiary/aromatic N) is 3. The molecule has 1 heterocycles. The summed E-state index contributed by atoms with van der Waals surface area (Å²) in [5.74, 6) is -0.155. The maximum absolute atomic E-state index is 12.4. The van der Waals surface area contributed by atoms with Crippen molar-refractivity contribution >= 4 is 32.7 Å². The maximum Gasteiger partial charge on any atom is 0.259 e. The molecule has 0 fully saturated rings. The molecule has 2 aromatic carbocycles. The Hall–Kier alpha value is -1.92. The van der Waals surface area contributed by atoms with Crippen molar-refractivity contribution in [3.05, 3.63) is 59.1 Å². The normalized spacial score (nSPS) is 11.8. The first-order valence-electron chi connectivity index (χ1n) is 5.84. The minimum Gasteiger partial charge on any atom is -0.204 e. The third kappa shape index (κ3) is 2.39. The van der Waals surface area contributed by atoms with E-state index >= 15 is 0 Å². The molecule has 0 amide bonds. The summed E-state index contributed by atoms with van der Waals surface area (Å²) in [4.78, 5) is 0. The number of para-hydroxylation sites is 1. The van der Waals surface area contributed by atoms with Gasteiger partial charge in [0.2, 0.25) is 0 Å². The van der Waals surface area contributed by atoms with Crippen molar-refractivity contribution in [3.8, 4) is 0 Å². The van der Waals surface area contributed by atoms with Crippen LogP contribution in [0.25, 0.3) is 11.0 Å². The van der Waals surface area contributed by atoms with Crippen molar-refractivity contribution in [2.75, 3.05) is 0 Å². The summed E-state index contributed by atoms with van der Waals surface area (Å²) in [6.45, 7) is 0. The molecule has 102 valence electrons. The van der Waals surface area contributed by atoms with Crippen molar-refractivity contribution in [3.63, 3.8) is 0 Å². The first-order chi connectivity index (χ1) is 9.56. The summed E-state index contributed by atoms with van der Waals surface area (Å²) in [5.41, 5.74) is 1.67. The van der Waals surface area contributed by atoms with Gasteiger partial charge < -0.3 is 0 Å². The van der Waals surface area contributed by atoms with E-state index in [4.69, 9.17) is 11.6 Å². The van der Waals surface area contributed by atoms with E-state index in [1.807, 2.05) is 0 Å². The zero-order valence-corrected chi connectivity index (χ0v) is 11.8. The van der Waals surface area contributed by atoms with Crippen LogP contribution >= 0.6 is 11.6 Å². The van der Waals surface area contributed by atoms with E-state index < -0.39 is 10.0 Å². The van der Waals surface area contributed by atoms with E-state index in [0.29, 0.717) is 21.6 Å². The quantitative estimate of drug-likeness (QED) is 0.745. The van der Waals surface area contributed by atoms with Gasteiger partial charge >= 0.3 is 0 Å². The van der Waals surface area contributed by atoms with Crippen LogP contribution in [0, 0.1) is 0 Å². The van der Waals surface area contributed by atoms with Gasteiger partial charge in [0.25, 0.3) is 10.0 Å². The average Bonchev–Trinajstić information content (AvgIpc) is 2.86. The van der Waals surface area contributed by atoms with Gasteiger partial charge in [-0.25, -0.2) is 8.42 Å². The Bertz CT molecular complexity index is 857. The van der Waals surface area contributed by atoms with E-state index in [9.17, 15) is 8.42 Å². The van der Waals surface area contributed by atoms with Crippen LogP contribution in [0.2, 0.25) is 5.02 Å². The van der Waals surface area contributed by atoms with Gasteiger partial charge in [0.05, 0.1) is 5.75 Å². The van der Waals surface area contributed by atoms with E-state index in [0.717, 1.165) is 4.09 Å². The maximum atomic E-state index is 12.4. The monoisotopic (exact) mass is 307 g/mol. The van der Waals surface area contributed by atoms with Crippen molar-refractivity contribution in [2.24, 2.45) is 0 Å². The molecule has 7 heteroatoms. The number of rotatable bonds is 3.